The molecule has 142 valence electrons. The fourth-order valence-corrected chi connectivity index (χ4v) is 4.36. The third-order valence-electron chi connectivity index (χ3n) is 4.27. The highest BCUT2D eigenvalue weighted by Crippen LogP contribution is 2.21. The molecule has 0 amide bonds. The van der Waals surface area contributed by atoms with Crippen LogP contribution >= 0.6 is 0 Å². The van der Waals surface area contributed by atoms with Gasteiger partial charge in [-0.05, 0) is 55.3 Å². The van der Waals surface area contributed by atoms with Crippen LogP contribution < -0.4 is 0 Å². The quantitative estimate of drug-likeness (QED) is 0.559. The number of ether oxygens (including phenoxy) is 1. The molecule has 0 spiro atoms. The summed E-state index contributed by atoms with van der Waals surface area (Å²) in [5.74, 6) is -1.76. The van der Waals surface area contributed by atoms with Crippen molar-refractivity contribution in [2.75, 3.05) is 19.7 Å². The first kappa shape index (κ1) is 19.2. The van der Waals surface area contributed by atoms with E-state index in [9.17, 15) is 22.4 Å². The molecule has 0 saturated carbocycles. The molecule has 0 radical (unpaired) electrons. The summed E-state index contributed by atoms with van der Waals surface area (Å²) in [5, 5.41) is 0. The Morgan fingerprint density at radius 1 is 1.00 bits per heavy atom. The second-order valence-electron chi connectivity index (χ2n) is 6.15. The maximum absolute atomic E-state index is 12.9. The highest BCUT2D eigenvalue weighted by molar-refractivity contribution is 7.89. The lowest BCUT2D eigenvalue weighted by Crippen LogP contribution is -2.28. The van der Waals surface area contributed by atoms with Crippen LogP contribution in [0.4, 0.5) is 4.39 Å². The zero-order chi connectivity index (χ0) is 19.4. The van der Waals surface area contributed by atoms with Crippen molar-refractivity contribution >= 4 is 21.8 Å². The Balaban J connectivity index is 1.68. The molecule has 0 atom stereocenters. The molecule has 0 aliphatic carbocycles. The summed E-state index contributed by atoms with van der Waals surface area (Å²) >= 11 is 0. The third-order valence-corrected chi connectivity index (χ3v) is 6.17. The van der Waals surface area contributed by atoms with Crippen molar-refractivity contribution in [1.82, 2.24) is 4.31 Å². The number of halogens is 1. The standard InChI is InChI=1S/C19H18FNO5S/c20-16-8-6-14(7-9-16)18(22)13-26-19(23)15-4-3-5-17(12-15)27(24,25)21-10-1-2-11-21/h3-9,12H,1-2,10-11,13H2. The van der Waals surface area contributed by atoms with Gasteiger partial charge in [0.2, 0.25) is 10.0 Å². The van der Waals surface area contributed by atoms with Crippen LogP contribution in [0.3, 0.4) is 0 Å². The lowest BCUT2D eigenvalue weighted by molar-refractivity contribution is 0.0474. The minimum Gasteiger partial charge on any atom is -0.454 e. The van der Waals surface area contributed by atoms with Crippen molar-refractivity contribution in [3.8, 4) is 0 Å². The van der Waals surface area contributed by atoms with Gasteiger partial charge in [-0.25, -0.2) is 17.6 Å². The summed E-state index contributed by atoms with van der Waals surface area (Å²) in [6, 6.07) is 10.4. The van der Waals surface area contributed by atoms with E-state index in [2.05, 4.69) is 0 Å². The normalized spacial score (nSPS) is 14.9. The van der Waals surface area contributed by atoms with Gasteiger partial charge in [0.25, 0.3) is 0 Å². The van der Waals surface area contributed by atoms with Gasteiger partial charge in [0.1, 0.15) is 5.82 Å². The number of carbonyl (C=O) groups is 2. The van der Waals surface area contributed by atoms with Crippen LogP contribution in [0.25, 0.3) is 0 Å². The Hall–Kier alpha value is -2.58. The minimum atomic E-state index is -3.65. The van der Waals surface area contributed by atoms with Crippen molar-refractivity contribution in [2.45, 2.75) is 17.7 Å². The van der Waals surface area contributed by atoms with E-state index in [4.69, 9.17) is 4.74 Å². The number of hydrogen-bond donors (Lipinski definition) is 0. The van der Waals surface area contributed by atoms with E-state index in [1.807, 2.05) is 0 Å². The number of nitrogens with zero attached hydrogens (tertiary/aromatic N) is 1. The van der Waals surface area contributed by atoms with Gasteiger partial charge in [-0.15, -0.1) is 0 Å². The molecule has 1 aliphatic rings. The van der Waals surface area contributed by atoms with Crippen LogP contribution in [-0.4, -0.2) is 44.2 Å². The Labute approximate surface area is 156 Å². The molecule has 3 rings (SSSR count). The summed E-state index contributed by atoms with van der Waals surface area (Å²) in [5.41, 5.74) is 0.261. The Morgan fingerprint density at radius 2 is 1.67 bits per heavy atom. The van der Waals surface area contributed by atoms with Gasteiger partial charge in [-0.2, -0.15) is 4.31 Å². The van der Waals surface area contributed by atoms with Gasteiger partial charge in [0, 0.05) is 18.7 Å². The number of carbonyl (C=O) groups excluding carboxylic acids is 2. The van der Waals surface area contributed by atoms with Crippen LogP contribution in [0, 0.1) is 5.82 Å². The number of esters is 1. The van der Waals surface area contributed by atoms with Gasteiger partial charge in [-0.1, -0.05) is 6.07 Å². The number of benzene rings is 2. The van der Waals surface area contributed by atoms with Gasteiger partial charge in [0.05, 0.1) is 10.5 Å². The summed E-state index contributed by atoms with van der Waals surface area (Å²) in [6.07, 6.45) is 1.62. The fraction of sp³-hybridized carbons (Fsp3) is 0.263. The smallest absolute Gasteiger partial charge is 0.338 e. The Kier molecular flexibility index (Phi) is 5.67. The minimum absolute atomic E-state index is 0.0173. The predicted octanol–water partition coefficient (Wildman–Crippen LogP) is 2.65. The van der Waals surface area contributed by atoms with Crippen molar-refractivity contribution in [3.05, 3.63) is 65.5 Å². The van der Waals surface area contributed by atoms with E-state index in [1.54, 1.807) is 0 Å². The number of ketones is 1. The Bertz CT molecular complexity index is 950. The third kappa shape index (κ3) is 4.40. The van der Waals surface area contributed by atoms with Crippen LogP contribution in [-0.2, 0) is 14.8 Å². The summed E-state index contributed by atoms with van der Waals surface area (Å²) < 4.78 is 44.4. The first-order valence-corrected chi connectivity index (χ1v) is 9.88. The SMILES string of the molecule is O=C(COC(=O)c1cccc(S(=O)(=O)N2CCCC2)c1)c1ccc(F)cc1. The molecule has 1 saturated heterocycles. The van der Waals surface area contributed by atoms with E-state index >= 15 is 0 Å². The molecule has 0 N–H and O–H groups in total. The average molecular weight is 391 g/mol. The zero-order valence-corrected chi connectivity index (χ0v) is 15.2. The Morgan fingerprint density at radius 3 is 2.33 bits per heavy atom. The number of sulfonamides is 1. The lowest BCUT2D eigenvalue weighted by atomic mass is 10.1. The highest BCUT2D eigenvalue weighted by atomic mass is 32.2. The second kappa shape index (κ2) is 7.98. The summed E-state index contributed by atoms with van der Waals surface area (Å²) in [6.45, 7) is 0.403. The molecule has 1 fully saturated rings. The molecule has 2 aromatic rings. The topological polar surface area (TPSA) is 80.8 Å². The fourth-order valence-electron chi connectivity index (χ4n) is 2.79. The predicted molar refractivity (Wildman–Crippen MR) is 95.4 cm³/mol. The lowest BCUT2D eigenvalue weighted by Gasteiger charge is -2.15. The highest BCUT2D eigenvalue weighted by Gasteiger charge is 2.27. The number of Topliss-reactive ketones (excluding diaryl/α,β-unsaturated/α-hetero) is 1. The van der Waals surface area contributed by atoms with Crippen LogP contribution in [0.15, 0.2) is 53.4 Å². The molecule has 6 nitrogen and oxygen atoms in total. The average Bonchev–Trinajstić information content (AvgIpc) is 3.22. The van der Waals surface area contributed by atoms with E-state index in [0.717, 1.165) is 25.0 Å². The van der Waals surface area contributed by atoms with Crippen molar-refractivity contribution in [1.29, 1.82) is 0 Å². The van der Waals surface area contributed by atoms with Crippen molar-refractivity contribution < 1.29 is 27.1 Å². The second-order valence-corrected chi connectivity index (χ2v) is 8.08. The molecule has 8 heteroatoms. The number of hydrogen-bond acceptors (Lipinski definition) is 5. The van der Waals surface area contributed by atoms with E-state index in [-0.39, 0.29) is 16.0 Å². The molecular formula is C19H18FNO5S. The van der Waals surface area contributed by atoms with Gasteiger partial charge < -0.3 is 4.74 Å². The maximum atomic E-state index is 12.9. The molecular weight excluding hydrogens is 373 g/mol. The maximum Gasteiger partial charge on any atom is 0.338 e. The van der Waals surface area contributed by atoms with Crippen LogP contribution in [0.5, 0.6) is 0 Å². The van der Waals surface area contributed by atoms with E-state index in [1.165, 1.54) is 40.7 Å². The van der Waals surface area contributed by atoms with Crippen LogP contribution in [0.2, 0.25) is 0 Å². The van der Waals surface area contributed by atoms with Gasteiger partial charge in [-0.3, -0.25) is 4.79 Å². The molecule has 27 heavy (non-hydrogen) atoms. The van der Waals surface area contributed by atoms with Crippen LogP contribution in [0.1, 0.15) is 33.6 Å². The zero-order valence-electron chi connectivity index (χ0n) is 14.4. The molecule has 2 aromatic carbocycles. The van der Waals surface area contributed by atoms with Gasteiger partial charge in [0.15, 0.2) is 12.4 Å². The van der Waals surface area contributed by atoms with Crippen molar-refractivity contribution in [3.63, 3.8) is 0 Å². The molecule has 1 aliphatic heterocycles. The summed E-state index contributed by atoms with van der Waals surface area (Å²) in [7, 11) is -3.65. The van der Waals surface area contributed by atoms with Crippen molar-refractivity contribution in [2.24, 2.45) is 0 Å². The molecule has 0 unspecified atom stereocenters. The monoisotopic (exact) mass is 391 g/mol. The van der Waals surface area contributed by atoms with E-state index < -0.39 is 34.2 Å². The molecule has 0 aromatic heterocycles. The number of rotatable bonds is 6. The van der Waals surface area contributed by atoms with Gasteiger partial charge >= 0.3 is 5.97 Å². The first-order valence-electron chi connectivity index (χ1n) is 8.44. The summed E-state index contributed by atoms with van der Waals surface area (Å²) in [4.78, 5) is 24.2. The first-order chi connectivity index (χ1) is 12.9. The molecule has 1 heterocycles. The largest absolute Gasteiger partial charge is 0.454 e. The van der Waals surface area contributed by atoms with E-state index in [0.29, 0.717) is 13.1 Å². The molecule has 0 bridgehead atoms.